The van der Waals surface area contributed by atoms with Crippen LogP contribution in [0.2, 0.25) is 0 Å². The summed E-state index contributed by atoms with van der Waals surface area (Å²) in [4.78, 5) is 2.44. The Morgan fingerprint density at radius 3 is 1.88 bits per heavy atom. The van der Waals surface area contributed by atoms with Crippen molar-refractivity contribution in [2.45, 2.75) is 19.3 Å². The number of hydrogen-bond acceptors (Lipinski definition) is 2. The highest BCUT2D eigenvalue weighted by Crippen LogP contribution is 2.51. The summed E-state index contributed by atoms with van der Waals surface area (Å²) in [6, 6.07) is 70.7. The first-order valence-electron chi connectivity index (χ1n) is 20.1. The number of nitrogens with zero attached hydrogens (tertiary/aromatic N) is 2. The Balaban J connectivity index is 1.05. The van der Waals surface area contributed by atoms with Gasteiger partial charge in [-0.3, -0.25) is 0 Å². The maximum absolute atomic E-state index is 6.54. The number of furan rings is 1. The summed E-state index contributed by atoms with van der Waals surface area (Å²) in [7, 11) is 0. The van der Waals surface area contributed by atoms with Gasteiger partial charge in [-0.15, -0.1) is 0 Å². The lowest BCUT2D eigenvalue weighted by Crippen LogP contribution is -2.17. The van der Waals surface area contributed by atoms with Crippen LogP contribution in [-0.2, 0) is 5.41 Å². The zero-order chi connectivity index (χ0) is 38.5. The monoisotopic (exact) mass is 742 g/mol. The van der Waals surface area contributed by atoms with Gasteiger partial charge in [0.25, 0.3) is 0 Å². The molecule has 0 fully saturated rings. The van der Waals surface area contributed by atoms with E-state index in [0.29, 0.717) is 0 Å². The number of aromatic nitrogens is 1. The van der Waals surface area contributed by atoms with E-state index in [1.807, 2.05) is 0 Å². The average Bonchev–Trinajstić information content (AvgIpc) is 3.90. The van der Waals surface area contributed by atoms with Crippen molar-refractivity contribution < 1.29 is 4.42 Å². The molecule has 3 heteroatoms. The van der Waals surface area contributed by atoms with Crippen molar-refractivity contribution >= 4 is 71.6 Å². The van der Waals surface area contributed by atoms with E-state index in [9.17, 15) is 0 Å². The Bertz CT molecular complexity index is 3380. The van der Waals surface area contributed by atoms with Crippen molar-refractivity contribution in [1.29, 1.82) is 0 Å². The maximum atomic E-state index is 6.54. The van der Waals surface area contributed by atoms with Gasteiger partial charge in [-0.1, -0.05) is 135 Å². The quantitative estimate of drug-likeness (QED) is 0.175. The van der Waals surface area contributed by atoms with Crippen LogP contribution in [0.3, 0.4) is 0 Å². The SMILES string of the molecule is CC1(C)c2ccccc2-c2ccc(N(c3ccc(-n4c5ccccc5c5ccccc54)cc3)c3ccccc3-c3ccc4oc5c6ccccc6ccc5c4c3)cc21. The molecule has 58 heavy (non-hydrogen) atoms. The lowest BCUT2D eigenvalue weighted by Gasteiger charge is -2.30. The van der Waals surface area contributed by atoms with Gasteiger partial charge in [-0.25, -0.2) is 0 Å². The van der Waals surface area contributed by atoms with E-state index in [0.717, 1.165) is 61.2 Å². The van der Waals surface area contributed by atoms with Gasteiger partial charge in [-0.2, -0.15) is 0 Å². The number of fused-ring (bicyclic) bond motifs is 11. The molecule has 0 amide bonds. The summed E-state index contributed by atoms with van der Waals surface area (Å²) in [6.45, 7) is 4.71. The molecule has 1 aliphatic carbocycles. The Labute approximate surface area is 336 Å². The zero-order valence-electron chi connectivity index (χ0n) is 32.3. The molecule has 0 saturated heterocycles. The third-order valence-corrected chi connectivity index (χ3v) is 12.6. The minimum Gasteiger partial charge on any atom is -0.455 e. The fraction of sp³-hybridized carbons (Fsp3) is 0.0545. The van der Waals surface area contributed by atoms with Gasteiger partial charge in [0.15, 0.2) is 0 Å². The summed E-state index contributed by atoms with van der Waals surface area (Å²) >= 11 is 0. The van der Waals surface area contributed by atoms with E-state index in [2.05, 4.69) is 217 Å². The first-order chi connectivity index (χ1) is 28.5. The fourth-order valence-corrected chi connectivity index (χ4v) is 9.79. The van der Waals surface area contributed by atoms with E-state index in [1.54, 1.807) is 0 Å². The van der Waals surface area contributed by atoms with Crippen molar-refractivity contribution in [2.75, 3.05) is 4.90 Å². The molecule has 0 radical (unpaired) electrons. The second-order valence-corrected chi connectivity index (χ2v) is 16.1. The molecule has 0 atom stereocenters. The number of hydrogen-bond donors (Lipinski definition) is 0. The van der Waals surface area contributed by atoms with Crippen molar-refractivity contribution in [3.05, 3.63) is 205 Å². The van der Waals surface area contributed by atoms with Crippen LogP contribution in [0.1, 0.15) is 25.0 Å². The van der Waals surface area contributed by atoms with E-state index in [4.69, 9.17) is 4.42 Å². The summed E-state index contributed by atoms with van der Waals surface area (Å²) in [5, 5.41) is 7.08. The summed E-state index contributed by atoms with van der Waals surface area (Å²) in [5.41, 5.74) is 16.2. The second kappa shape index (κ2) is 12.3. The molecule has 274 valence electrons. The van der Waals surface area contributed by atoms with Gasteiger partial charge >= 0.3 is 0 Å². The van der Waals surface area contributed by atoms with Gasteiger partial charge in [-0.05, 0) is 106 Å². The standard InChI is InChI=1S/C55H38N2O/c1-55(2)48-19-9-5-16-42(48)43-31-29-39(34-49(43)55)56(37-25-27-38(28-26-37)57-51-21-11-7-17-44(51)45-18-8-12-22-52(45)57)50-20-10-6-14-40(50)36-24-32-53-47(33-36)46-30-23-35-13-3-4-15-41(35)54(46)58-53/h3-34H,1-2H3. The number of rotatable bonds is 5. The predicted molar refractivity (Wildman–Crippen MR) is 243 cm³/mol. The summed E-state index contributed by atoms with van der Waals surface area (Å²) in [5.74, 6) is 0. The molecule has 9 aromatic carbocycles. The summed E-state index contributed by atoms with van der Waals surface area (Å²) in [6.07, 6.45) is 0. The fourth-order valence-electron chi connectivity index (χ4n) is 9.79. The molecule has 0 unspecified atom stereocenters. The third kappa shape index (κ3) is 4.74. The van der Waals surface area contributed by atoms with Crippen LogP contribution in [-0.4, -0.2) is 4.57 Å². The van der Waals surface area contributed by atoms with E-state index in [-0.39, 0.29) is 5.41 Å². The smallest absolute Gasteiger partial charge is 0.143 e. The highest BCUT2D eigenvalue weighted by molar-refractivity contribution is 6.16. The normalized spacial score (nSPS) is 13.1. The van der Waals surface area contributed by atoms with Gasteiger partial charge in [0.2, 0.25) is 0 Å². The molecule has 0 aliphatic heterocycles. The highest BCUT2D eigenvalue weighted by atomic mass is 16.3. The molecule has 11 aromatic rings. The molecule has 0 spiro atoms. The molecule has 0 bridgehead atoms. The number of para-hydroxylation sites is 3. The van der Waals surface area contributed by atoms with Crippen LogP contribution < -0.4 is 4.90 Å². The van der Waals surface area contributed by atoms with E-state index < -0.39 is 0 Å². The van der Waals surface area contributed by atoms with Crippen molar-refractivity contribution in [1.82, 2.24) is 4.57 Å². The van der Waals surface area contributed by atoms with E-state index in [1.165, 1.54) is 49.4 Å². The Hall–Kier alpha value is -7.36. The largest absolute Gasteiger partial charge is 0.455 e. The van der Waals surface area contributed by atoms with E-state index >= 15 is 0 Å². The van der Waals surface area contributed by atoms with Crippen molar-refractivity contribution in [3.8, 4) is 27.9 Å². The minimum atomic E-state index is -0.134. The molecular formula is C55H38N2O. The van der Waals surface area contributed by atoms with Gasteiger partial charge in [0.05, 0.1) is 16.7 Å². The first-order valence-corrected chi connectivity index (χ1v) is 20.1. The van der Waals surface area contributed by atoms with Crippen molar-refractivity contribution in [3.63, 3.8) is 0 Å². The van der Waals surface area contributed by atoms with Crippen LogP contribution in [0.25, 0.3) is 82.5 Å². The molecule has 1 aliphatic rings. The van der Waals surface area contributed by atoms with Crippen LogP contribution in [0.4, 0.5) is 17.1 Å². The lowest BCUT2D eigenvalue weighted by molar-refractivity contribution is 0.660. The molecular weight excluding hydrogens is 705 g/mol. The zero-order valence-corrected chi connectivity index (χ0v) is 32.3. The van der Waals surface area contributed by atoms with Gasteiger partial charge < -0.3 is 13.9 Å². The molecule has 2 aromatic heterocycles. The first kappa shape index (κ1) is 32.8. The Kier molecular flexibility index (Phi) is 6.98. The van der Waals surface area contributed by atoms with Gasteiger partial charge in [0, 0.05) is 55.0 Å². The third-order valence-electron chi connectivity index (χ3n) is 12.6. The van der Waals surface area contributed by atoms with Crippen LogP contribution in [0.15, 0.2) is 199 Å². The number of anilines is 3. The topological polar surface area (TPSA) is 21.3 Å². The predicted octanol–water partition coefficient (Wildman–Crippen LogP) is 15.3. The summed E-state index contributed by atoms with van der Waals surface area (Å²) < 4.78 is 8.93. The van der Waals surface area contributed by atoms with Crippen LogP contribution in [0.5, 0.6) is 0 Å². The minimum absolute atomic E-state index is 0.134. The molecule has 3 nitrogen and oxygen atoms in total. The molecule has 0 saturated carbocycles. The number of benzene rings is 9. The molecule has 12 rings (SSSR count). The lowest BCUT2D eigenvalue weighted by atomic mass is 9.82. The Morgan fingerprint density at radius 1 is 0.448 bits per heavy atom. The average molecular weight is 743 g/mol. The van der Waals surface area contributed by atoms with Crippen molar-refractivity contribution in [2.24, 2.45) is 0 Å². The second-order valence-electron chi connectivity index (χ2n) is 16.1. The molecule has 0 N–H and O–H groups in total. The molecule has 2 heterocycles. The maximum Gasteiger partial charge on any atom is 0.143 e. The highest BCUT2D eigenvalue weighted by Gasteiger charge is 2.36. The van der Waals surface area contributed by atoms with Crippen LogP contribution >= 0.6 is 0 Å². The van der Waals surface area contributed by atoms with Gasteiger partial charge in [0.1, 0.15) is 11.2 Å². The Morgan fingerprint density at radius 2 is 1.09 bits per heavy atom. The van der Waals surface area contributed by atoms with Crippen LogP contribution in [0, 0.1) is 0 Å².